The van der Waals surface area contributed by atoms with Crippen LogP contribution in [0.2, 0.25) is 0 Å². The SMILES string of the molecule is CON[C@H](CC(CCCN)c1nc2ccc3cc(-c4nc5ccc6nc([C@@H]7CCCN7C(=O)[C@@H](NO)C(C)C)[nH]c6c5s4)ccc3c2[nH]1)C(C)C. The third kappa shape index (κ3) is 6.86. The Labute approximate surface area is 301 Å². The zero-order chi connectivity index (χ0) is 35.8. The van der Waals surface area contributed by atoms with Gasteiger partial charge < -0.3 is 30.6 Å². The van der Waals surface area contributed by atoms with Gasteiger partial charge in [0.15, 0.2) is 0 Å². The highest BCUT2D eigenvalue weighted by atomic mass is 32.1. The van der Waals surface area contributed by atoms with Gasteiger partial charge in [0.05, 0.1) is 45.4 Å². The van der Waals surface area contributed by atoms with Crippen molar-refractivity contribution in [1.82, 2.24) is 40.8 Å². The number of hydrogen-bond donors (Lipinski definition) is 6. The highest BCUT2D eigenvalue weighted by molar-refractivity contribution is 7.22. The molecular weight excluding hydrogens is 663 g/mol. The number of imidazole rings is 2. The minimum absolute atomic E-state index is 0.0433. The maximum atomic E-state index is 13.3. The Morgan fingerprint density at radius 3 is 2.57 bits per heavy atom. The van der Waals surface area contributed by atoms with Gasteiger partial charge in [-0.3, -0.25) is 4.79 Å². The van der Waals surface area contributed by atoms with Crippen LogP contribution in [-0.4, -0.2) is 73.2 Å². The van der Waals surface area contributed by atoms with E-state index in [9.17, 15) is 10.0 Å². The summed E-state index contributed by atoms with van der Waals surface area (Å²) >= 11 is 1.64. The molecule has 1 amide bonds. The number of nitrogens with one attached hydrogen (secondary N) is 4. The lowest BCUT2D eigenvalue weighted by molar-refractivity contribution is -0.138. The van der Waals surface area contributed by atoms with Crippen molar-refractivity contribution in [2.24, 2.45) is 17.6 Å². The molecule has 1 aliphatic rings. The van der Waals surface area contributed by atoms with E-state index in [0.29, 0.717) is 19.0 Å². The maximum absolute atomic E-state index is 13.3. The first kappa shape index (κ1) is 35.4. The van der Waals surface area contributed by atoms with Gasteiger partial charge in [-0.1, -0.05) is 45.9 Å². The third-order valence-electron chi connectivity index (χ3n) is 10.4. The number of aromatic amines is 2. The van der Waals surface area contributed by atoms with Crippen LogP contribution < -0.4 is 16.7 Å². The van der Waals surface area contributed by atoms with E-state index in [0.717, 1.165) is 97.4 Å². The molecule has 4 atom stereocenters. The first-order valence-electron chi connectivity index (χ1n) is 18.1. The quantitative estimate of drug-likeness (QED) is 0.0657. The Hall–Kier alpha value is -3.98. The highest BCUT2D eigenvalue weighted by Gasteiger charge is 2.37. The Morgan fingerprint density at radius 2 is 1.82 bits per heavy atom. The van der Waals surface area contributed by atoms with E-state index in [1.165, 1.54) is 0 Å². The summed E-state index contributed by atoms with van der Waals surface area (Å²) in [5.41, 5.74) is 17.1. The number of hydroxylamine groups is 2. The molecule has 51 heavy (non-hydrogen) atoms. The van der Waals surface area contributed by atoms with E-state index >= 15 is 0 Å². The number of benzene rings is 3. The predicted molar refractivity (Wildman–Crippen MR) is 204 cm³/mol. The summed E-state index contributed by atoms with van der Waals surface area (Å²) in [6.07, 6.45) is 4.48. The van der Waals surface area contributed by atoms with Gasteiger partial charge in [-0.2, -0.15) is 11.0 Å². The molecule has 3 aromatic carbocycles. The number of H-pyrrole nitrogens is 2. The fourth-order valence-corrected chi connectivity index (χ4v) is 8.60. The van der Waals surface area contributed by atoms with Crippen LogP contribution in [0.25, 0.3) is 53.6 Å². The molecule has 270 valence electrons. The predicted octanol–water partition coefficient (Wildman–Crippen LogP) is 6.92. The van der Waals surface area contributed by atoms with Crippen LogP contribution in [0.3, 0.4) is 0 Å². The molecule has 7 N–H and O–H groups in total. The van der Waals surface area contributed by atoms with Crippen LogP contribution in [0.5, 0.6) is 0 Å². The smallest absolute Gasteiger partial charge is 0.242 e. The van der Waals surface area contributed by atoms with Gasteiger partial charge in [-0.15, -0.1) is 11.3 Å². The van der Waals surface area contributed by atoms with Crippen LogP contribution in [-0.2, 0) is 9.63 Å². The van der Waals surface area contributed by atoms with Crippen molar-refractivity contribution < 1.29 is 14.8 Å². The van der Waals surface area contributed by atoms with Gasteiger partial charge in [-0.05, 0) is 80.1 Å². The van der Waals surface area contributed by atoms with Crippen LogP contribution in [0.1, 0.15) is 83.4 Å². The zero-order valence-electron chi connectivity index (χ0n) is 30.0. The second-order valence-corrected chi connectivity index (χ2v) is 15.5. The third-order valence-corrected chi connectivity index (χ3v) is 11.6. The molecule has 7 rings (SSSR count). The average molecular weight is 712 g/mol. The number of nitrogens with two attached hydrogens (primary N) is 1. The molecule has 3 aromatic heterocycles. The van der Waals surface area contributed by atoms with Crippen molar-refractivity contribution in [1.29, 1.82) is 0 Å². The molecule has 13 heteroatoms. The van der Waals surface area contributed by atoms with Gasteiger partial charge >= 0.3 is 0 Å². The Balaban J connectivity index is 1.19. The second-order valence-electron chi connectivity index (χ2n) is 14.5. The van der Waals surface area contributed by atoms with E-state index < -0.39 is 6.04 Å². The lowest BCUT2D eigenvalue weighted by Crippen LogP contribution is -2.48. The molecule has 1 aliphatic heterocycles. The van der Waals surface area contributed by atoms with Gasteiger partial charge in [0.2, 0.25) is 5.91 Å². The summed E-state index contributed by atoms with van der Waals surface area (Å²) in [6, 6.07) is 14.1. The monoisotopic (exact) mass is 711 g/mol. The van der Waals surface area contributed by atoms with E-state index in [4.69, 9.17) is 25.5 Å². The van der Waals surface area contributed by atoms with Crippen molar-refractivity contribution in [3.63, 3.8) is 0 Å². The number of aromatic nitrogens is 5. The van der Waals surface area contributed by atoms with Crippen LogP contribution in [0.15, 0.2) is 42.5 Å². The topological polar surface area (TPSA) is 170 Å². The van der Waals surface area contributed by atoms with Crippen LogP contribution >= 0.6 is 11.3 Å². The summed E-state index contributed by atoms with van der Waals surface area (Å²) < 4.78 is 1.04. The first-order chi connectivity index (χ1) is 24.7. The van der Waals surface area contributed by atoms with Gasteiger partial charge in [0.25, 0.3) is 0 Å². The normalized spacial score (nSPS) is 17.2. The number of likely N-dealkylation sites (tertiary alicyclic amines) is 1. The van der Waals surface area contributed by atoms with Crippen molar-refractivity contribution in [3.05, 3.63) is 54.1 Å². The summed E-state index contributed by atoms with van der Waals surface area (Å²) in [5, 5.41) is 12.9. The van der Waals surface area contributed by atoms with Crippen molar-refractivity contribution in [2.75, 3.05) is 20.2 Å². The number of hydrogen-bond acceptors (Lipinski definition) is 10. The Bertz CT molecular complexity index is 2150. The summed E-state index contributed by atoms with van der Waals surface area (Å²) in [7, 11) is 1.67. The molecular formula is C38H49N9O3S. The average Bonchev–Trinajstić information content (AvgIpc) is 3.93. The number of nitrogens with zero attached hydrogens (tertiary/aromatic N) is 4. The van der Waals surface area contributed by atoms with Crippen LogP contribution in [0.4, 0.5) is 0 Å². The van der Waals surface area contributed by atoms with Gasteiger partial charge in [-0.25, -0.2) is 15.0 Å². The van der Waals surface area contributed by atoms with E-state index in [1.807, 2.05) is 30.9 Å². The number of amides is 1. The standard InChI is InChI=1S/C38H49N9O3S/c1-20(2)29(46-50-5)19-23(8-6-16-39)35-40-26-13-11-22-18-24(10-12-25(22)32(26)43-35)37-42-28-15-14-27-33(34(28)51-37)44-36(41-27)30-9-7-17-47(30)38(48)31(45-49)21(3)4/h10-15,18,20-21,23,29-31,45-46,49H,6-9,16-17,19,39H2,1-5H3,(H,40,43)(H,41,44)/t23?,29-,30+,31+/m1/s1. The summed E-state index contributed by atoms with van der Waals surface area (Å²) in [5.74, 6) is 2.24. The molecule has 0 radical (unpaired) electrons. The number of rotatable bonds is 14. The Morgan fingerprint density at radius 1 is 1.04 bits per heavy atom. The van der Waals surface area contributed by atoms with Gasteiger partial charge in [0, 0.05) is 29.5 Å². The molecule has 1 saturated heterocycles. The number of thiazole rings is 1. The minimum Gasteiger partial charge on any atom is -0.341 e. The molecule has 6 aromatic rings. The second kappa shape index (κ2) is 14.9. The number of carbonyl (C=O) groups excluding carboxylic acids is 1. The van der Waals surface area contributed by atoms with E-state index in [-0.39, 0.29) is 29.8 Å². The molecule has 4 heterocycles. The summed E-state index contributed by atoms with van der Waals surface area (Å²) in [6.45, 7) is 9.54. The molecule has 0 spiro atoms. The zero-order valence-corrected chi connectivity index (χ0v) is 30.8. The van der Waals surface area contributed by atoms with Crippen molar-refractivity contribution in [2.45, 2.75) is 83.8 Å². The first-order valence-corrected chi connectivity index (χ1v) is 18.9. The van der Waals surface area contributed by atoms with Crippen molar-refractivity contribution in [3.8, 4) is 10.6 Å². The highest BCUT2D eigenvalue weighted by Crippen LogP contribution is 2.39. The molecule has 12 nitrogen and oxygen atoms in total. The number of carbonyl (C=O) groups is 1. The van der Waals surface area contributed by atoms with E-state index in [2.05, 4.69) is 65.1 Å². The van der Waals surface area contributed by atoms with E-state index in [1.54, 1.807) is 18.4 Å². The largest absolute Gasteiger partial charge is 0.341 e. The fraction of sp³-hybridized carbons (Fsp3) is 0.474. The van der Waals surface area contributed by atoms with Crippen molar-refractivity contribution >= 4 is 60.3 Å². The Kier molecular flexibility index (Phi) is 10.4. The maximum Gasteiger partial charge on any atom is 0.242 e. The number of fused-ring (bicyclic) bond motifs is 6. The van der Waals surface area contributed by atoms with Gasteiger partial charge in [0.1, 0.15) is 22.7 Å². The lowest BCUT2D eigenvalue weighted by atomic mass is 9.89. The molecule has 0 aliphatic carbocycles. The minimum atomic E-state index is -0.654. The summed E-state index contributed by atoms with van der Waals surface area (Å²) in [4.78, 5) is 42.8. The molecule has 1 unspecified atom stereocenters. The molecule has 1 fully saturated rings. The molecule has 0 saturated carbocycles. The fourth-order valence-electron chi connectivity index (χ4n) is 7.55. The lowest BCUT2D eigenvalue weighted by Gasteiger charge is -2.28. The van der Waals surface area contributed by atoms with Crippen LogP contribution in [0, 0.1) is 11.8 Å². The molecule has 0 bridgehead atoms.